The maximum atomic E-state index is 9.56. The number of nitriles is 1. The van der Waals surface area contributed by atoms with Crippen LogP contribution in [0.3, 0.4) is 0 Å². The summed E-state index contributed by atoms with van der Waals surface area (Å²) in [6, 6.07) is 10.7. The van der Waals surface area contributed by atoms with Gasteiger partial charge in [0, 0.05) is 21.7 Å². The third kappa shape index (κ3) is 2.23. The van der Waals surface area contributed by atoms with Gasteiger partial charge in [0.25, 0.3) is 0 Å². The summed E-state index contributed by atoms with van der Waals surface area (Å²) in [4.78, 5) is 0. The minimum absolute atomic E-state index is 0.0416. The fourth-order valence-electron chi connectivity index (χ4n) is 2.90. The molecule has 0 amide bonds. The summed E-state index contributed by atoms with van der Waals surface area (Å²) in [6.07, 6.45) is 0. The predicted octanol–water partition coefficient (Wildman–Crippen LogP) is 3.94. The highest BCUT2D eigenvalue weighted by molar-refractivity contribution is 6.35. The number of hydrogen-bond donors (Lipinski definition) is 1. The average molecular weight is 361 g/mol. The summed E-state index contributed by atoms with van der Waals surface area (Å²) in [5.74, 6) is 1.23. The Balaban J connectivity index is 1.96. The number of fused-ring (bicyclic) bond motifs is 2. The van der Waals surface area contributed by atoms with Gasteiger partial charge >= 0.3 is 0 Å². The molecule has 7 heteroatoms. The molecule has 0 bridgehead atoms. The van der Waals surface area contributed by atoms with Crippen molar-refractivity contribution in [3.05, 3.63) is 63.0 Å². The number of benzene rings is 2. The fourth-order valence-corrected chi connectivity index (χ4v) is 3.42. The number of ether oxygens (including phenoxy) is 3. The van der Waals surface area contributed by atoms with Crippen molar-refractivity contribution in [3.8, 4) is 23.3 Å². The standard InChI is InChI=1S/C17H10Cl2N2O3/c18-8-1-2-9(12(19)3-8)16-10-4-14-15(23-7-22-14)5-13(10)24-17(21)11(16)6-20/h1-5,16H,7,21H2/t16-/m0/s1. The lowest BCUT2D eigenvalue weighted by molar-refractivity contribution is 0.174. The first-order chi connectivity index (χ1) is 11.6. The number of nitrogens with zero attached hydrogens (tertiary/aromatic N) is 1. The average Bonchev–Trinajstić information content (AvgIpc) is 2.99. The van der Waals surface area contributed by atoms with E-state index in [0.717, 1.165) is 5.56 Å². The lowest BCUT2D eigenvalue weighted by Gasteiger charge is -2.27. The monoisotopic (exact) mass is 360 g/mol. The number of halogens is 2. The third-order valence-corrected chi connectivity index (χ3v) is 4.55. The van der Waals surface area contributed by atoms with E-state index in [1.165, 1.54) is 0 Å². The van der Waals surface area contributed by atoms with Crippen LogP contribution in [0.15, 0.2) is 41.8 Å². The van der Waals surface area contributed by atoms with Crippen molar-refractivity contribution in [2.75, 3.05) is 6.79 Å². The van der Waals surface area contributed by atoms with Gasteiger partial charge in [-0.2, -0.15) is 5.26 Å². The Kier molecular flexibility index (Phi) is 3.45. The molecule has 2 N–H and O–H groups in total. The summed E-state index contributed by atoms with van der Waals surface area (Å²) in [7, 11) is 0. The molecular weight excluding hydrogens is 351 g/mol. The normalized spacial score (nSPS) is 18.0. The van der Waals surface area contributed by atoms with Crippen LogP contribution in [0.5, 0.6) is 17.2 Å². The molecule has 0 unspecified atom stereocenters. The molecule has 0 spiro atoms. The smallest absolute Gasteiger partial charge is 0.231 e. The van der Waals surface area contributed by atoms with Crippen molar-refractivity contribution in [1.29, 1.82) is 5.26 Å². The van der Waals surface area contributed by atoms with Crippen molar-refractivity contribution >= 4 is 23.2 Å². The Labute approximate surface area is 147 Å². The molecule has 0 aliphatic carbocycles. The largest absolute Gasteiger partial charge is 0.454 e. The molecule has 1 atom stereocenters. The molecule has 2 heterocycles. The Bertz CT molecular complexity index is 934. The Morgan fingerprint density at radius 1 is 1.04 bits per heavy atom. The predicted molar refractivity (Wildman–Crippen MR) is 88.3 cm³/mol. The molecular formula is C17H10Cl2N2O3. The topological polar surface area (TPSA) is 77.5 Å². The molecule has 120 valence electrons. The van der Waals surface area contributed by atoms with Crippen molar-refractivity contribution in [3.63, 3.8) is 0 Å². The molecule has 2 aromatic carbocycles. The van der Waals surface area contributed by atoms with Gasteiger partial charge in [-0.05, 0) is 23.8 Å². The van der Waals surface area contributed by atoms with Gasteiger partial charge in [-0.15, -0.1) is 0 Å². The van der Waals surface area contributed by atoms with Gasteiger partial charge in [0.1, 0.15) is 17.4 Å². The van der Waals surface area contributed by atoms with Crippen molar-refractivity contribution < 1.29 is 14.2 Å². The Morgan fingerprint density at radius 2 is 1.79 bits per heavy atom. The van der Waals surface area contributed by atoms with E-state index in [1.54, 1.807) is 30.3 Å². The summed E-state index contributed by atoms with van der Waals surface area (Å²) in [5.41, 5.74) is 7.68. The maximum absolute atomic E-state index is 9.56. The van der Waals surface area contributed by atoms with Crippen molar-refractivity contribution in [1.82, 2.24) is 0 Å². The van der Waals surface area contributed by atoms with E-state index in [0.29, 0.717) is 32.9 Å². The second kappa shape index (κ2) is 5.52. The summed E-state index contributed by atoms with van der Waals surface area (Å²) < 4.78 is 16.4. The zero-order valence-corrected chi connectivity index (χ0v) is 13.7. The van der Waals surface area contributed by atoms with Crippen LogP contribution in [0, 0.1) is 11.3 Å². The van der Waals surface area contributed by atoms with Gasteiger partial charge in [0.05, 0.1) is 5.92 Å². The molecule has 2 aliphatic rings. The molecule has 0 saturated carbocycles. The molecule has 2 aliphatic heterocycles. The highest BCUT2D eigenvalue weighted by atomic mass is 35.5. The lowest BCUT2D eigenvalue weighted by atomic mass is 9.83. The number of rotatable bonds is 1. The van der Waals surface area contributed by atoms with Gasteiger partial charge in [-0.1, -0.05) is 29.3 Å². The van der Waals surface area contributed by atoms with E-state index >= 15 is 0 Å². The third-order valence-electron chi connectivity index (χ3n) is 3.98. The Morgan fingerprint density at radius 3 is 2.50 bits per heavy atom. The van der Waals surface area contributed by atoms with Crippen LogP contribution in [-0.2, 0) is 0 Å². The highest BCUT2D eigenvalue weighted by Gasteiger charge is 2.34. The van der Waals surface area contributed by atoms with Crippen LogP contribution >= 0.6 is 23.2 Å². The molecule has 0 saturated heterocycles. The Hall–Kier alpha value is -2.55. The van der Waals surface area contributed by atoms with E-state index < -0.39 is 5.92 Å². The van der Waals surface area contributed by atoms with Crippen molar-refractivity contribution in [2.45, 2.75) is 5.92 Å². The summed E-state index contributed by atoms with van der Waals surface area (Å²) in [5, 5.41) is 10.5. The van der Waals surface area contributed by atoms with Gasteiger partial charge in [-0.3, -0.25) is 0 Å². The maximum Gasteiger partial charge on any atom is 0.231 e. The van der Waals surface area contributed by atoms with Crippen LogP contribution in [0.25, 0.3) is 0 Å². The zero-order chi connectivity index (χ0) is 16.8. The fraction of sp³-hybridized carbons (Fsp3) is 0.118. The number of nitrogens with two attached hydrogens (primary N) is 1. The summed E-state index contributed by atoms with van der Waals surface area (Å²) in [6.45, 7) is 0.138. The second-order valence-electron chi connectivity index (χ2n) is 5.33. The van der Waals surface area contributed by atoms with Gasteiger partial charge in [0.2, 0.25) is 12.7 Å². The minimum Gasteiger partial charge on any atom is -0.454 e. The first kappa shape index (κ1) is 15.0. The van der Waals surface area contributed by atoms with Crippen LogP contribution in [0.4, 0.5) is 0 Å². The van der Waals surface area contributed by atoms with Gasteiger partial charge in [-0.25, -0.2) is 0 Å². The number of hydrogen-bond acceptors (Lipinski definition) is 5. The quantitative estimate of drug-likeness (QED) is 0.833. The van der Waals surface area contributed by atoms with Crippen LogP contribution in [-0.4, -0.2) is 6.79 Å². The molecule has 24 heavy (non-hydrogen) atoms. The van der Waals surface area contributed by atoms with E-state index in [-0.39, 0.29) is 18.2 Å². The van der Waals surface area contributed by atoms with Crippen LogP contribution in [0.2, 0.25) is 10.0 Å². The van der Waals surface area contributed by atoms with Gasteiger partial charge < -0.3 is 19.9 Å². The first-order valence-corrected chi connectivity index (χ1v) is 7.80. The molecule has 4 rings (SSSR count). The van der Waals surface area contributed by atoms with Gasteiger partial charge in [0.15, 0.2) is 11.5 Å². The minimum atomic E-state index is -0.474. The van der Waals surface area contributed by atoms with Crippen LogP contribution in [0.1, 0.15) is 17.0 Å². The molecule has 0 aromatic heterocycles. The molecule has 2 aromatic rings. The SMILES string of the molecule is N#CC1=C(N)Oc2cc3c(cc2[C@@H]1c1ccc(Cl)cc1Cl)OCO3. The van der Waals surface area contributed by atoms with E-state index in [1.807, 2.05) is 0 Å². The lowest BCUT2D eigenvalue weighted by Crippen LogP contribution is -2.21. The van der Waals surface area contributed by atoms with E-state index in [9.17, 15) is 5.26 Å². The molecule has 0 fully saturated rings. The number of allylic oxidation sites excluding steroid dienone is 1. The highest BCUT2D eigenvalue weighted by Crippen LogP contribution is 2.49. The van der Waals surface area contributed by atoms with E-state index in [4.69, 9.17) is 43.1 Å². The zero-order valence-electron chi connectivity index (χ0n) is 12.2. The summed E-state index contributed by atoms with van der Waals surface area (Å²) >= 11 is 12.3. The second-order valence-corrected chi connectivity index (χ2v) is 6.18. The molecule has 0 radical (unpaired) electrons. The van der Waals surface area contributed by atoms with E-state index in [2.05, 4.69) is 6.07 Å². The van der Waals surface area contributed by atoms with Crippen molar-refractivity contribution in [2.24, 2.45) is 5.73 Å². The molecule has 5 nitrogen and oxygen atoms in total. The first-order valence-electron chi connectivity index (χ1n) is 7.04. The van der Waals surface area contributed by atoms with Crippen LogP contribution < -0.4 is 19.9 Å².